The molecule has 4 aromatic carbocycles. The average molecular weight is 397 g/mol. The smallest absolute Gasteiger partial charge is 0.0669 e. The van der Waals surface area contributed by atoms with Gasteiger partial charge in [-0.25, -0.2) is 0 Å². The van der Waals surface area contributed by atoms with Gasteiger partial charge in [-0.2, -0.15) is 10.5 Å². The molecule has 0 aliphatic heterocycles. The van der Waals surface area contributed by atoms with E-state index in [2.05, 4.69) is 102 Å². The van der Waals surface area contributed by atoms with Gasteiger partial charge < -0.3 is 4.57 Å². The molecule has 0 aliphatic carbocycles. The Morgan fingerprint density at radius 2 is 1.16 bits per heavy atom. The molecule has 146 valence electrons. The third-order valence-electron chi connectivity index (χ3n) is 5.64. The van der Waals surface area contributed by atoms with Crippen molar-refractivity contribution in [2.24, 2.45) is 0 Å². The normalized spacial score (nSPS) is 10.8. The molecule has 0 bridgehead atoms. The standard InChI is InChI=1S/C28H19N3/c29-14-12-20-16-21(13-15-30)18-23(17-20)22-6-5-7-24(19-22)31-27-10-3-1-8-25(27)26-9-2-4-11-28(26)31/h1-11,16-19H,12-13H2. The third-order valence-corrected chi connectivity index (χ3v) is 5.64. The summed E-state index contributed by atoms with van der Waals surface area (Å²) in [6, 6.07) is 35.9. The van der Waals surface area contributed by atoms with Gasteiger partial charge in [-0.05, 0) is 46.5 Å². The van der Waals surface area contributed by atoms with Gasteiger partial charge >= 0.3 is 0 Å². The van der Waals surface area contributed by atoms with E-state index in [1.165, 1.54) is 21.8 Å². The molecule has 0 saturated carbocycles. The van der Waals surface area contributed by atoms with Crippen LogP contribution in [0.2, 0.25) is 0 Å². The first-order valence-electron chi connectivity index (χ1n) is 10.2. The van der Waals surface area contributed by atoms with E-state index >= 15 is 0 Å². The first-order valence-corrected chi connectivity index (χ1v) is 10.2. The van der Waals surface area contributed by atoms with Gasteiger partial charge in [-0.3, -0.25) is 0 Å². The van der Waals surface area contributed by atoms with Crippen LogP contribution in [0.3, 0.4) is 0 Å². The van der Waals surface area contributed by atoms with Crippen molar-refractivity contribution in [3.8, 4) is 29.0 Å². The molecule has 3 nitrogen and oxygen atoms in total. The van der Waals surface area contributed by atoms with E-state index in [-0.39, 0.29) is 0 Å². The van der Waals surface area contributed by atoms with Gasteiger partial charge in [0, 0.05) is 16.5 Å². The van der Waals surface area contributed by atoms with E-state index < -0.39 is 0 Å². The van der Waals surface area contributed by atoms with Crippen LogP contribution in [0.25, 0.3) is 38.6 Å². The summed E-state index contributed by atoms with van der Waals surface area (Å²) in [6.07, 6.45) is 0.664. The summed E-state index contributed by atoms with van der Waals surface area (Å²) in [7, 11) is 0. The van der Waals surface area contributed by atoms with Crippen molar-refractivity contribution in [3.05, 3.63) is 102 Å². The van der Waals surface area contributed by atoms with Crippen LogP contribution in [0.5, 0.6) is 0 Å². The van der Waals surface area contributed by atoms with Crippen LogP contribution in [0.15, 0.2) is 91.0 Å². The number of hydrogen-bond acceptors (Lipinski definition) is 2. The Morgan fingerprint density at radius 3 is 1.74 bits per heavy atom. The first-order chi connectivity index (χ1) is 15.3. The fourth-order valence-corrected chi connectivity index (χ4v) is 4.34. The van der Waals surface area contributed by atoms with Crippen molar-refractivity contribution >= 4 is 21.8 Å². The highest BCUT2D eigenvalue weighted by Crippen LogP contribution is 2.33. The molecule has 0 atom stereocenters. The quantitative estimate of drug-likeness (QED) is 0.344. The second-order valence-electron chi connectivity index (χ2n) is 7.63. The number of hydrogen-bond donors (Lipinski definition) is 0. The second kappa shape index (κ2) is 7.82. The van der Waals surface area contributed by atoms with Gasteiger partial charge in [-0.1, -0.05) is 66.7 Å². The number of nitrogens with zero attached hydrogens (tertiary/aromatic N) is 3. The molecule has 0 radical (unpaired) electrons. The number of aromatic nitrogens is 1. The maximum absolute atomic E-state index is 9.15. The number of nitriles is 2. The molecule has 5 aromatic rings. The van der Waals surface area contributed by atoms with Crippen molar-refractivity contribution in [1.82, 2.24) is 4.57 Å². The van der Waals surface area contributed by atoms with Crippen LogP contribution in [0.1, 0.15) is 11.1 Å². The zero-order chi connectivity index (χ0) is 21.2. The fourth-order valence-electron chi connectivity index (χ4n) is 4.34. The molecule has 0 aliphatic rings. The van der Waals surface area contributed by atoms with E-state index in [1.54, 1.807) is 0 Å². The largest absolute Gasteiger partial charge is 0.309 e. The molecular weight excluding hydrogens is 378 g/mol. The Morgan fingerprint density at radius 1 is 0.581 bits per heavy atom. The Kier molecular flexibility index (Phi) is 4.71. The molecule has 31 heavy (non-hydrogen) atoms. The predicted octanol–water partition coefficient (Wildman–Crippen LogP) is 6.58. The lowest BCUT2D eigenvalue weighted by atomic mass is 9.97. The highest BCUT2D eigenvalue weighted by Gasteiger charge is 2.12. The molecule has 0 unspecified atom stereocenters. The van der Waals surface area contributed by atoms with Gasteiger partial charge in [0.15, 0.2) is 0 Å². The summed E-state index contributed by atoms with van der Waals surface area (Å²) in [6.45, 7) is 0. The maximum atomic E-state index is 9.15. The first kappa shape index (κ1) is 18.7. The Labute approximate surface area is 181 Å². The summed E-state index contributed by atoms with van der Waals surface area (Å²) in [5, 5.41) is 20.8. The lowest BCUT2D eigenvalue weighted by Gasteiger charge is -2.12. The van der Waals surface area contributed by atoms with Gasteiger partial charge in [0.2, 0.25) is 0 Å². The van der Waals surface area contributed by atoms with Crippen LogP contribution >= 0.6 is 0 Å². The van der Waals surface area contributed by atoms with E-state index in [0.717, 1.165) is 27.9 Å². The van der Waals surface area contributed by atoms with Crippen LogP contribution in [0.4, 0.5) is 0 Å². The average Bonchev–Trinajstić information content (AvgIpc) is 3.14. The van der Waals surface area contributed by atoms with Crippen LogP contribution in [-0.2, 0) is 12.8 Å². The monoisotopic (exact) mass is 397 g/mol. The van der Waals surface area contributed by atoms with Crippen molar-refractivity contribution in [2.45, 2.75) is 12.8 Å². The minimum atomic E-state index is 0.332. The molecule has 0 fully saturated rings. The van der Waals surface area contributed by atoms with E-state index in [0.29, 0.717) is 12.8 Å². The van der Waals surface area contributed by atoms with E-state index in [1.807, 2.05) is 6.07 Å². The topological polar surface area (TPSA) is 52.5 Å². The lowest BCUT2D eigenvalue weighted by Crippen LogP contribution is -1.95. The molecule has 1 aromatic heterocycles. The summed E-state index contributed by atoms with van der Waals surface area (Å²) in [5.41, 5.74) is 7.40. The van der Waals surface area contributed by atoms with Crippen LogP contribution in [-0.4, -0.2) is 4.57 Å². The molecule has 0 saturated heterocycles. The van der Waals surface area contributed by atoms with Crippen molar-refractivity contribution < 1.29 is 0 Å². The number of benzene rings is 4. The van der Waals surface area contributed by atoms with Gasteiger partial charge in [0.25, 0.3) is 0 Å². The summed E-state index contributed by atoms with van der Waals surface area (Å²) in [5.74, 6) is 0. The highest BCUT2D eigenvalue weighted by atomic mass is 15.0. The van der Waals surface area contributed by atoms with Crippen molar-refractivity contribution in [3.63, 3.8) is 0 Å². The molecular formula is C28H19N3. The predicted molar refractivity (Wildman–Crippen MR) is 125 cm³/mol. The van der Waals surface area contributed by atoms with E-state index in [4.69, 9.17) is 10.5 Å². The summed E-state index contributed by atoms with van der Waals surface area (Å²) >= 11 is 0. The SMILES string of the molecule is N#CCc1cc(CC#N)cc(-c2cccc(-n3c4ccccc4c4ccccc43)c2)c1. The van der Waals surface area contributed by atoms with E-state index in [9.17, 15) is 0 Å². The zero-order valence-electron chi connectivity index (χ0n) is 16.9. The van der Waals surface area contributed by atoms with Crippen molar-refractivity contribution in [1.29, 1.82) is 10.5 Å². The minimum absolute atomic E-state index is 0.332. The second-order valence-corrected chi connectivity index (χ2v) is 7.63. The summed E-state index contributed by atoms with van der Waals surface area (Å²) in [4.78, 5) is 0. The Bertz CT molecular complexity index is 1420. The lowest BCUT2D eigenvalue weighted by molar-refractivity contribution is 1.18. The molecule has 0 spiro atoms. The highest BCUT2D eigenvalue weighted by molar-refractivity contribution is 6.09. The van der Waals surface area contributed by atoms with Crippen LogP contribution < -0.4 is 0 Å². The molecule has 1 heterocycles. The van der Waals surface area contributed by atoms with Crippen molar-refractivity contribution in [2.75, 3.05) is 0 Å². The Balaban J connectivity index is 1.71. The molecule has 0 amide bonds. The van der Waals surface area contributed by atoms with Crippen LogP contribution in [0, 0.1) is 22.7 Å². The minimum Gasteiger partial charge on any atom is -0.309 e. The molecule has 3 heteroatoms. The van der Waals surface area contributed by atoms with Gasteiger partial charge in [-0.15, -0.1) is 0 Å². The maximum Gasteiger partial charge on any atom is 0.0669 e. The zero-order valence-corrected chi connectivity index (χ0v) is 16.9. The third kappa shape index (κ3) is 3.33. The van der Waals surface area contributed by atoms with Gasteiger partial charge in [0.05, 0.1) is 36.0 Å². The Hall–Kier alpha value is -4.34. The number of fused-ring (bicyclic) bond motifs is 3. The molecule has 0 N–H and O–H groups in total. The number of para-hydroxylation sites is 2. The summed E-state index contributed by atoms with van der Waals surface area (Å²) < 4.78 is 2.30. The van der Waals surface area contributed by atoms with Gasteiger partial charge in [0.1, 0.15) is 0 Å². The molecule has 5 rings (SSSR count). The number of rotatable bonds is 4. The fraction of sp³-hybridized carbons (Fsp3) is 0.0714.